The summed E-state index contributed by atoms with van der Waals surface area (Å²) < 4.78 is 0. The Morgan fingerprint density at radius 2 is 1.92 bits per heavy atom. The van der Waals surface area contributed by atoms with E-state index in [-0.39, 0.29) is 18.4 Å². The molecule has 1 N–H and O–H groups in total. The minimum atomic E-state index is -0.136. The molecule has 128 valence electrons. The second-order valence-corrected chi connectivity index (χ2v) is 6.38. The van der Waals surface area contributed by atoms with Crippen LogP contribution in [0.1, 0.15) is 15.9 Å². The van der Waals surface area contributed by atoms with Crippen LogP contribution >= 0.6 is 11.3 Å². The fraction of sp³-hybridized carbons (Fsp3) is 0.312. The highest BCUT2D eigenvalue weighted by Gasteiger charge is 2.23. The van der Waals surface area contributed by atoms with Gasteiger partial charge in [-0.2, -0.15) is 5.26 Å². The van der Waals surface area contributed by atoms with Crippen molar-refractivity contribution >= 4 is 28.3 Å². The molecule has 1 aliphatic heterocycles. The van der Waals surface area contributed by atoms with Gasteiger partial charge in [-0.1, -0.05) is 11.3 Å². The minimum Gasteiger partial charge on any atom is -0.336 e. The number of hydrogen-bond donors (Lipinski definition) is 1. The average Bonchev–Trinajstić information content (AvgIpc) is 3.14. The predicted octanol–water partition coefficient (Wildman–Crippen LogP) is 0.806. The van der Waals surface area contributed by atoms with Crippen molar-refractivity contribution < 1.29 is 9.59 Å². The molecule has 1 aliphatic rings. The van der Waals surface area contributed by atoms with E-state index in [1.165, 1.54) is 11.3 Å². The first-order valence-electron chi connectivity index (χ1n) is 7.73. The summed E-state index contributed by atoms with van der Waals surface area (Å²) in [5.74, 6) is -0.189. The number of aromatic nitrogens is 2. The number of anilines is 1. The zero-order valence-electron chi connectivity index (χ0n) is 13.4. The molecule has 0 saturated carbocycles. The Bertz CT molecular complexity index is 776. The van der Waals surface area contributed by atoms with E-state index in [0.717, 1.165) is 0 Å². The van der Waals surface area contributed by atoms with E-state index in [0.29, 0.717) is 42.4 Å². The number of carbonyl (C=O) groups is 2. The van der Waals surface area contributed by atoms with E-state index in [2.05, 4.69) is 15.5 Å². The molecule has 0 bridgehead atoms. The number of amides is 2. The zero-order valence-corrected chi connectivity index (χ0v) is 14.2. The van der Waals surface area contributed by atoms with Gasteiger partial charge in [0.15, 0.2) is 0 Å². The normalized spacial score (nSPS) is 14.8. The Kier molecular flexibility index (Phi) is 5.33. The first-order chi connectivity index (χ1) is 12.2. The third-order valence-electron chi connectivity index (χ3n) is 3.89. The maximum atomic E-state index is 12.5. The van der Waals surface area contributed by atoms with Crippen LogP contribution in [0.15, 0.2) is 29.8 Å². The monoisotopic (exact) mass is 356 g/mol. The van der Waals surface area contributed by atoms with E-state index in [4.69, 9.17) is 5.26 Å². The van der Waals surface area contributed by atoms with Gasteiger partial charge in [-0.3, -0.25) is 19.8 Å². The van der Waals surface area contributed by atoms with Crippen LogP contribution in [-0.4, -0.2) is 64.5 Å². The molecule has 0 aliphatic carbocycles. The summed E-state index contributed by atoms with van der Waals surface area (Å²) in [5.41, 5.74) is 2.66. The smallest absolute Gasteiger partial charge is 0.253 e. The SMILES string of the molecule is N#Cc1ccc(C(=O)N2CCN(CC(=O)Nc3nncs3)CC2)cc1. The number of benzene rings is 1. The van der Waals surface area contributed by atoms with Crippen molar-refractivity contribution in [1.29, 1.82) is 5.26 Å². The lowest BCUT2D eigenvalue weighted by molar-refractivity contribution is -0.117. The second-order valence-electron chi connectivity index (χ2n) is 5.55. The summed E-state index contributed by atoms with van der Waals surface area (Å²) >= 11 is 1.27. The fourth-order valence-corrected chi connectivity index (χ4v) is 3.03. The number of piperazine rings is 1. The van der Waals surface area contributed by atoms with Gasteiger partial charge in [0.2, 0.25) is 11.0 Å². The molecule has 2 aromatic rings. The van der Waals surface area contributed by atoms with Crippen LogP contribution < -0.4 is 5.32 Å². The number of carbonyl (C=O) groups excluding carboxylic acids is 2. The van der Waals surface area contributed by atoms with Crippen LogP contribution in [0.3, 0.4) is 0 Å². The summed E-state index contributed by atoms with van der Waals surface area (Å²) in [7, 11) is 0. The minimum absolute atomic E-state index is 0.0533. The van der Waals surface area contributed by atoms with Crippen molar-refractivity contribution in [3.63, 3.8) is 0 Å². The summed E-state index contributed by atoms with van der Waals surface area (Å²) in [4.78, 5) is 28.2. The first-order valence-corrected chi connectivity index (χ1v) is 8.61. The molecular formula is C16H16N6O2S. The molecule has 0 unspecified atom stereocenters. The van der Waals surface area contributed by atoms with Crippen molar-refractivity contribution in [2.24, 2.45) is 0 Å². The van der Waals surface area contributed by atoms with Gasteiger partial charge in [0.1, 0.15) is 5.51 Å². The second kappa shape index (κ2) is 7.83. The number of hydrogen-bond acceptors (Lipinski definition) is 7. The van der Waals surface area contributed by atoms with Crippen LogP contribution in [-0.2, 0) is 4.79 Å². The third-order valence-corrected chi connectivity index (χ3v) is 4.50. The third kappa shape index (κ3) is 4.37. The molecule has 3 rings (SSSR count). The van der Waals surface area contributed by atoms with Crippen LogP contribution in [0.25, 0.3) is 0 Å². The maximum Gasteiger partial charge on any atom is 0.253 e. The summed E-state index contributed by atoms with van der Waals surface area (Å²) in [6.07, 6.45) is 0. The first kappa shape index (κ1) is 17.0. The van der Waals surface area contributed by atoms with E-state index in [1.807, 2.05) is 11.0 Å². The van der Waals surface area contributed by atoms with Gasteiger partial charge in [0, 0.05) is 31.7 Å². The molecule has 2 heterocycles. The van der Waals surface area contributed by atoms with E-state index in [1.54, 1.807) is 34.7 Å². The Hall–Kier alpha value is -2.83. The van der Waals surface area contributed by atoms with Crippen molar-refractivity contribution in [3.8, 4) is 6.07 Å². The van der Waals surface area contributed by atoms with Gasteiger partial charge in [0.25, 0.3) is 5.91 Å². The van der Waals surface area contributed by atoms with Crippen LogP contribution in [0.4, 0.5) is 5.13 Å². The van der Waals surface area contributed by atoms with E-state index < -0.39 is 0 Å². The number of rotatable bonds is 4. The summed E-state index contributed by atoms with van der Waals surface area (Å²) in [6.45, 7) is 2.64. The Morgan fingerprint density at radius 1 is 1.20 bits per heavy atom. The standard InChI is InChI=1S/C16H16N6O2S/c17-9-12-1-3-13(4-2-12)15(24)22-7-5-21(6-8-22)10-14(23)19-16-20-18-11-25-16/h1-4,11H,5-8,10H2,(H,19,20,23). The summed E-state index contributed by atoms with van der Waals surface area (Å²) in [5, 5.41) is 19.4. The Morgan fingerprint density at radius 3 is 2.52 bits per heavy atom. The number of nitrogens with zero attached hydrogens (tertiary/aromatic N) is 5. The van der Waals surface area contributed by atoms with Crippen LogP contribution in [0, 0.1) is 11.3 Å². The van der Waals surface area contributed by atoms with Crippen molar-refractivity contribution in [1.82, 2.24) is 20.0 Å². The lowest BCUT2D eigenvalue weighted by atomic mass is 10.1. The molecule has 0 atom stereocenters. The lowest BCUT2D eigenvalue weighted by Gasteiger charge is -2.34. The molecule has 0 radical (unpaired) electrons. The topological polar surface area (TPSA) is 102 Å². The lowest BCUT2D eigenvalue weighted by Crippen LogP contribution is -2.50. The fourth-order valence-electron chi connectivity index (χ4n) is 2.57. The van der Waals surface area contributed by atoms with Crippen molar-refractivity contribution in [2.75, 3.05) is 38.0 Å². The molecule has 1 aromatic carbocycles. The summed E-state index contributed by atoms with van der Waals surface area (Å²) in [6, 6.07) is 8.65. The van der Waals surface area contributed by atoms with E-state index in [9.17, 15) is 9.59 Å². The molecule has 9 heteroatoms. The molecule has 8 nitrogen and oxygen atoms in total. The Labute approximate surface area is 148 Å². The molecule has 1 aromatic heterocycles. The van der Waals surface area contributed by atoms with Crippen molar-refractivity contribution in [3.05, 3.63) is 40.9 Å². The van der Waals surface area contributed by atoms with Crippen molar-refractivity contribution in [2.45, 2.75) is 0 Å². The highest BCUT2D eigenvalue weighted by atomic mass is 32.1. The van der Waals surface area contributed by atoms with Gasteiger partial charge in [-0.05, 0) is 24.3 Å². The maximum absolute atomic E-state index is 12.5. The largest absolute Gasteiger partial charge is 0.336 e. The highest BCUT2D eigenvalue weighted by molar-refractivity contribution is 7.13. The van der Waals surface area contributed by atoms with Gasteiger partial charge < -0.3 is 4.90 Å². The molecule has 1 fully saturated rings. The quantitative estimate of drug-likeness (QED) is 0.870. The molecular weight excluding hydrogens is 340 g/mol. The molecule has 1 saturated heterocycles. The van der Waals surface area contributed by atoms with Gasteiger partial charge in [-0.15, -0.1) is 10.2 Å². The van der Waals surface area contributed by atoms with E-state index >= 15 is 0 Å². The molecule has 2 amide bonds. The highest BCUT2D eigenvalue weighted by Crippen LogP contribution is 2.11. The number of nitriles is 1. The Balaban J connectivity index is 1.48. The van der Waals surface area contributed by atoms with Gasteiger partial charge in [-0.25, -0.2) is 0 Å². The van der Waals surface area contributed by atoms with Crippen LogP contribution in [0.5, 0.6) is 0 Å². The van der Waals surface area contributed by atoms with Crippen LogP contribution in [0.2, 0.25) is 0 Å². The number of nitrogens with one attached hydrogen (secondary N) is 1. The van der Waals surface area contributed by atoms with Gasteiger partial charge in [0.05, 0.1) is 18.2 Å². The van der Waals surface area contributed by atoms with Gasteiger partial charge >= 0.3 is 0 Å². The zero-order chi connectivity index (χ0) is 17.6. The predicted molar refractivity (Wildman–Crippen MR) is 92.0 cm³/mol. The molecule has 25 heavy (non-hydrogen) atoms. The molecule has 0 spiro atoms. The average molecular weight is 356 g/mol.